The van der Waals surface area contributed by atoms with Gasteiger partial charge in [0.05, 0.1) is 31.4 Å². The quantitative estimate of drug-likeness (QED) is 0.218. The van der Waals surface area contributed by atoms with Crippen molar-refractivity contribution in [1.29, 1.82) is 0 Å². The van der Waals surface area contributed by atoms with Gasteiger partial charge in [0.2, 0.25) is 0 Å². The number of hydrogen-bond donors (Lipinski definition) is 1. The van der Waals surface area contributed by atoms with Gasteiger partial charge in [-0.2, -0.15) is 0 Å². The van der Waals surface area contributed by atoms with Gasteiger partial charge in [-0.25, -0.2) is 0 Å². The Bertz CT molecular complexity index is 1370. The fraction of sp³-hybridized carbons (Fsp3) is 0.290. The molecule has 1 aliphatic rings. The van der Waals surface area contributed by atoms with Crippen LogP contribution >= 0.6 is 11.6 Å². The molecule has 3 aromatic rings. The Balaban J connectivity index is 1.81. The molecule has 0 bridgehead atoms. The van der Waals surface area contributed by atoms with Crippen LogP contribution in [-0.2, 0) is 21.4 Å². The van der Waals surface area contributed by atoms with E-state index in [1.165, 1.54) is 18.1 Å². The first-order valence-electron chi connectivity index (χ1n) is 12.4. The molecule has 1 amide bonds. The SMILES string of the molecule is COc1ccc(CCN2C(=O)C(=O)/C(=C(/O)c3cc(Cl)ccc3OC)C2c2ccc(C(C)(C)C)cc2)cc1. The predicted molar refractivity (Wildman–Crippen MR) is 149 cm³/mol. The van der Waals surface area contributed by atoms with Gasteiger partial charge >= 0.3 is 0 Å². The average molecular weight is 534 g/mol. The maximum Gasteiger partial charge on any atom is 0.295 e. The number of ketones is 1. The minimum Gasteiger partial charge on any atom is -0.507 e. The maximum atomic E-state index is 13.4. The number of aliphatic hydroxyl groups is 1. The second kappa shape index (κ2) is 10.9. The minimum absolute atomic E-state index is 0.00815. The van der Waals surface area contributed by atoms with Crippen molar-refractivity contribution in [3.8, 4) is 11.5 Å². The lowest BCUT2D eigenvalue weighted by Crippen LogP contribution is -2.31. The topological polar surface area (TPSA) is 76.1 Å². The Morgan fingerprint density at radius 1 is 0.947 bits per heavy atom. The van der Waals surface area contributed by atoms with Crippen LogP contribution in [0.4, 0.5) is 0 Å². The van der Waals surface area contributed by atoms with E-state index < -0.39 is 17.7 Å². The predicted octanol–water partition coefficient (Wildman–Crippen LogP) is 6.32. The lowest BCUT2D eigenvalue weighted by atomic mass is 9.85. The smallest absolute Gasteiger partial charge is 0.295 e. The van der Waals surface area contributed by atoms with Gasteiger partial charge in [0.15, 0.2) is 0 Å². The summed E-state index contributed by atoms with van der Waals surface area (Å²) in [5.41, 5.74) is 3.04. The number of halogens is 1. The van der Waals surface area contributed by atoms with Crippen LogP contribution in [0.15, 0.2) is 72.3 Å². The molecule has 1 N–H and O–H groups in total. The summed E-state index contributed by atoms with van der Waals surface area (Å²) in [7, 11) is 3.07. The molecule has 198 valence electrons. The van der Waals surface area contributed by atoms with E-state index in [9.17, 15) is 14.7 Å². The largest absolute Gasteiger partial charge is 0.507 e. The Morgan fingerprint density at radius 3 is 2.18 bits per heavy atom. The number of aliphatic hydroxyl groups excluding tert-OH is 1. The van der Waals surface area contributed by atoms with Crippen molar-refractivity contribution in [2.24, 2.45) is 0 Å². The lowest BCUT2D eigenvalue weighted by Gasteiger charge is -2.27. The molecule has 7 heteroatoms. The van der Waals surface area contributed by atoms with Gasteiger partial charge in [-0.15, -0.1) is 0 Å². The van der Waals surface area contributed by atoms with E-state index in [1.54, 1.807) is 19.2 Å². The highest BCUT2D eigenvalue weighted by atomic mass is 35.5. The summed E-state index contributed by atoms with van der Waals surface area (Å²) >= 11 is 6.21. The normalized spacial score (nSPS) is 17.1. The first kappa shape index (κ1) is 27.3. The third kappa shape index (κ3) is 5.41. The van der Waals surface area contributed by atoms with Crippen LogP contribution in [0.2, 0.25) is 5.02 Å². The van der Waals surface area contributed by atoms with Crippen molar-refractivity contribution < 1.29 is 24.2 Å². The number of methoxy groups -OCH3 is 2. The Labute approximate surface area is 228 Å². The van der Waals surface area contributed by atoms with E-state index in [0.29, 0.717) is 17.2 Å². The summed E-state index contributed by atoms with van der Waals surface area (Å²) in [6, 6.07) is 19.4. The minimum atomic E-state index is -0.772. The molecule has 0 saturated carbocycles. The molecule has 1 aliphatic heterocycles. The zero-order valence-corrected chi connectivity index (χ0v) is 23.0. The van der Waals surface area contributed by atoms with Gasteiger partial charge in [-0.3, -0.25) is 9.59 Å². The summed E-state index contributed by atoms with van der Waals surface area (Å²) < 4.78 is 10.6. The highest BCUT2D eigenvalue weighted by Crippen LogP contribution is 2.42. The van der Waals surface area contributed by atoms with Gasteiger partial charge in [-0.1, -0.05) is 68.8 Å². The fourth-order valence-electron chi connectivity index (χ4n) is 4.67. The molecule has 1 heterocycles. The van der Waals surface area contributed by atoms with E-state index in [-0.39, 0.29) is 28.9 Å². The van der Waals surface area contributed by atoms with E-state index in [2.05, 4.69) is 20.8 Å². The number of hydrogen-bond acceptors (Lipinski definition) is 5. The van der Waals surface area contributed by atoms with Crippen molar-refractivity contribution in [3.05, 3.63) is 99.6 Å². The maximum absolute atomic E-state index is 13.4. The van der Waals surface area contributed by atoms with E-state index in [1.807, 2.05) is 48.5 Å². The molecule has 1 fully saturated rings. The monoisotopic (exact) mass is 533 g/mol. The summed E-state index contributed by atoms with van der Waals surface area (Å²) in [5, 5.41) is 11.8. The third-order valence-electron chi connectivity index (χ3n) is 6.85. The lowest BCUT2D eigenvalue weighted by molar-refractivity contribution is -0.139. The number of nitrogens with zero attached hydrogens (tertiary/aromatic N) is 1. The number of carbonyl (C=O) groups is 2. The second-order valence-electron chi connectivity index (χ2n) is 10.3. The molecule has 1 atom stereocenters. The summed E-state index contributed by atoms with van der Waals surface area (Å²) in [4.78, 5) is 28.3. The Hall–Kier alpha value is -3.77. The van der Waals surface area contributed by atoms with Crippen molar-refractivity contribution in [2.75, 3.05) is 20.8 Å². The number of Topliss-reactive ketones (excluding diaryl/α,β-unsaturated/α-hetero) is 1. The van der Waals surface area contributed by atoms with Crippen LogP contribution in [-0.4, -0.2) is 42.5 Å². The first-order valence-corrected chi connectivity index (χ1v) is 12.8. The van der Waals surface area contributed by atoms with E-state index >= 15 is 0 Å². The highest BCUT2D eigenvalue weighted by Gasteiger charge is 2.46. The number of rotatable bonds is 7. The molecule has 0 aliphatic carbocycles. The fourth-order valence-corrected chi connectivity index (χ4v) is 4.85. The zero-order chi connectivity index (χ0) is 27.6. The average Bonchev–Trinajstić information content (AvgIpc) is 3.16. The molecule has 6 nitrogen and oxygen atoms in total. The molecule has 3 aromatic carbocycles. The molecule has 0 aromatic heterocycles. The number of amides is 1. The van der Waals surface area contributed by atoms with Gasteiger partial charge in [-0.05, 0) is 58.9 Å². The first-order chi connectivity index (χ1) is 18.0. The van der Waals surface area contributed by atoms with Crippen molar-refractivity contribution in [2.45, 2.75) is 38.6 Å². The molecular weight excluding hydrogens is 502 g/mol. The third-order valence-corrected chi connectivity index (χ3v) is 7.08. The van der Waals surface area contributed by atoms with Crippen LogP contribution in [0, 0.1) is 0 Å². The van der Waals surface area contributed by atoms with Crippen LogP contribution in [0.5, 0.6) is 11.5 Å². The molecule has 4 rings (SSSR count). The van der Waals surface area contributed by atoms with Crippen LogP contribution in [0.3, 0.4) is 0 Å². The Morgan fingerprint density at radius 2 is 1.61 bits per heavy atom. The van der Waals surface area contributed by atoms with E-state index in [0.717, 1.165) is 22.4 Å². The number of carbonyl (C=O) groups excluding carboxylic acids is 2. The molecular formula is C31H32ClNO5. The number of likely N-dealkylation sites (tertiary alicyclic amines) is 1. The Kier molecular flexibility index (Phi) is 7.83. The zero-order valence-electron chi connectivity index (χ0n) is 22.2. The molecule has 0 radical (unpaired) electrons. The molecule has 1 saturated heterocycles. The highest BCUT2D eigenvalue weighted by molar-refractivity contribution is 6.46. The summed E-state index contributed by atoms with van der Waals surface area (Å²) in [6.45, 7) is 6.64. The number of benzene rings is 3. The van der Waals surface area contributed by atoms with Gasteiger partial charge < -0.3 is 19.5 Å². The van der Waals surface area contributed by atoms with E-state index in [4.69, 9.17) is 21.1 Å². The van der Waals surface area contributed by atoms with Gasteiger partial charge in [0, 0.05) is 11.6 Å². The van der Waals surface area contributed by atoms with Crippen molar-refractivity contribution in [1.82, 2.24) is 4.90 Å². The summed E-state index contributed by atoms with van der Waals surface area (Å²) in [5.74, 6) is -0.642. The molecule has 38 heavy (non-hydrogen) atoms. The molecule has 1 unspecified atom stereocenters. The number of ether oxygens (including phenoxy) is 2. The van der Waals surface area contributed by atoms with Gasteiger partial charge in [0.25, 0.3) is 11.7 Å². The van der Waals surface area contributed by atoms with Gasteiger partial charge in [0.1, 0.15) is 17.3 Å². The summed E-state index contributed by atoms with van der Waals surface area (Å²) in [6.07, 6.45) is 0.522. The van der Waals surface area contributed by atoms with Crippen molar-refractivity contribution in [3.63, 3.8) is 0 Å². The van der Waals surface area contributed by atoms with Crippen LogP contribution in [0.1, 0.15) is 49.1 Å². The van der Waals surface area contributed by atoms with Crippen LogP contribution < -0.4 is 9.47 Å². The van der Waals surface area contributed by atoms with Crippen molar-refractivity contribution >= 4 is 29.1 Å². The standard InChI is InChI=1S/C31H32ClNO5/c1-31(2,3)21-10-8-20(9-11-21)27-26(28(34)24-18-22(32)12-15-25(24)38-5)29(35)30(36)33(27)17-16-19-6-13-23(37-4)14-7-19/h6-15,18,27,34H,16-17H2,1-5H3/b28-26+. The van der Waals surface area contributed by atoms with Crippen LogP contribution in [0.25, 0.3) is 5.76 Å². The second-order valence-corrected chi connectivity index (χ2v) is 10.7. The molecule has 0 spiro atoms.